The van der Waals surface area contributed by atoms with Crippen LogP contribution in [0.2, 0.25) is 0 Å². The van der Waals surface area contributed by atoms with Gasteiger partial charge in [-0.1, -0.05) is 68.3 Å². The van der Waals surface area contributed by atoms with Gasteiger partial charge in [-0.3, -0.25) is 0 Å². The molecule has 0 unspecified atom stereocenters. The molecule has 46 heavy (non-hydrogen) atoms. The van der Waals surface area contributed by atoms with Crippen molar-refractivity contribution in [1.29, 1.82) is 0 Å². The lowest BCUT2D eigenvalue weighted by Crippen LogP contribution is -2.21. The monoisotopic (exact) mass is 636 g/mol. The van der Waals surface area contributed by atoms with E-state index in [9.17, 15) is 26.3 Å². The predicted octanol–water partition coefficient (Wildman–Crippen LogP) is 10.6. The van der Waals surface area contributed by atoms with E-state index in [1.807, 2.05) is 36.7 Å². The molecule has 0 aliphatic rings. The van der Waals surface area contributed by atoms with E-state index < -0.39 is 40.9 Å². The van der Waals surface area contributed by atoms with Gasteiger partial charge < -0.3 is 4.74 Å². The lowest BCUT2D eigenvalue weighted by atomic mass is 9.98. The maximum Gasteiger partial charge on any atom is 0.419 e. The minimum Gasteiger partial charge on any atom is -0.429 e. The Kier molecular flexibility index (Phi) is 9.84. The van der Waals surface area contributed by atoms with Crippen LogP contribution in [0.15, 0.2) is 91.3 Å². The largest absolute Gasteiger partial charge is 0.429 e. The number of aromatic nitrogens is 2. The summed E-state index contributed by atoms with van der Waals surface area (Å²) in [6, 6.07) is 15.9. The zero-order chi connectivity index (χ0) is 32.8. The smallest absolute Gasteiger partial charge is 0.419 e. The summed E-state index contributed by atoms with van der Waals surface area (Å²) in [4.78, 5) is 8.93. The van der Waals surface area contributed by atoms with Crippen LogP contribution >= 0.6 is 0 Å². The van der Waals surface area contributed by atoms with Crippen LogP contribution in [0.3, 0.4) is 0 Å². The number of ether oxygens (including phenoxy) is 1. The molecule has 0 atom stereocenters. The minimum absolute atomic E-state index is 0.0938. The van der Waals surface area contributed by atoms with Crippen molar-refractivity contribution in [2.24, 2.45) is 0 Å². The zero-order valence-corrected chi connectivity index (χ0v) is 24.5. The quantitative estimate of drug-likeness (QED) is 0.0822. The lowest BCUT2D eigenvalue weighted by molar-refractivity contribution is -0.131. The summed E-state index contributed by atoms with van der Waals surface area (Å²) >= 11 is 0. The van der Waals surface area contributed by atoms with Gasteiger partial charge >= 0.3 is 6.11 Å². The number of unbranched alkanes of at least 4 members (excludes halogenated alkanes) is 2. The van der Waals surface area contributed by atoms with Crippen LogP contribution in [-0.4, -0.2) is 16.1 Å². The highest BCUT2D eigenvalue weighted by Gasteiger charge is 2.29. The Balaban J connectivity index is 1.26. The van der Waals surface area contributed by atoms with Crippen LogP contribution in [0.4, 0.5) is 30.7 Å². The van der Waals surface area contributed by atoms with E-state index in [-0.39, 0.29) is 34.9 Å². The number of halogens is 7. The molecule has 236 valence electrons. The van der Waals surface area contributed by atoms with Crippen LogP contribution in [0.1, 0.15) is 37.3 Å². The molecule has 0 amide bonds. The van der Waals surface area contributed by atoms with Gasteiger partial charge in [0.1, 0.15) is 17.4 Å². The van der Waals surface area contributed by atoms with Gasteiger partial charge in [0.2, 0.25) is 0 Å². The third-order valence-electron chi connectivity index (χ3n) is 7.20. The number of aryl methyl sites for hydroxylation is 1. The first-order valence-electron chi connectivity index (χ1n) is 14.4. The van der Waals surface area contributed by atoms with Crippen molar-refractivity contribution in [3.8, 4) is 39.4 Å². The molecular weight excluding hydrogens is 609 g/mol. The molecule has 5 aromatic rings. The van der Waals surface area contributed by atoms with Crippen molar-refractivity contribution in [2.75, 3.05) is 0 Å². The molecule has 0 spiro atoms. The highest BCUT2D eigenvalue weighted by atomic mass is 19.3. The van der Waals surface area contributed by atoms with Crippen LogP contribution in [0.5, 0.6) is 5.75 Å². The number of alkyl halides is 2. The molecule has 0 aliphatic heterocycles. The van der Waals surface area contributed by atoms with Gasteiger partial charge in [0, 0.05) is 47.3 Å². The molecule has 0 saturated heterocycles. The lowest BCUT2D eigenvalue weighted by Gasteiger charge is -2.14. The Morgan fingerprint density at radius 1 is 0.674 bits per heavy atom. The molecule has 1 heterocycles. The van der Waals surface area contributed by atoms with Crippen LogP contribution in [-0.2, 0) is 6.42 Å². The maximum absolute atomic E-state index is 15.2. The van der Waals surface area contributed by atoms with E-state index in [2.05, 4.69) is 21.6 Å². The number of nitrogens with zero attached hydrogens (tertiary/aromatic N) is 2. The summed E-state index contributed by atoms with van der Waals surface area (Å²) in [6.07, 6.45) is 4.74. The van der Waals surface area contributed by atoms with Gasteiger partial charge in [-0.05, 0) is 53.3 Å². The van der Waals surface area contributed by atoms with Crippen LogP contribution in [0.25, 0.3) is 39.7 Å². The highest BCUT2D eigenvalue weighted by Crippen LogP contribution is 2.31. The Labute approximate surface area is 261 Å². The molecule has 5 rings (SSSR count). The second kappa shape index (κ2) is 14.0. The van der Waals surface area contributed by atoms with Crippen LogP contribution < -0.4 is 4.74 Å². The Morgan fingerprint density at radius 2 is 1.28 bits per heavy atom. The molecule has 0 fully saturated rings. The first-order valence-corrected chi connectivity index (χ1v) is 14.4. The summed E-state index contributed by atoms with van der Waals surface area (Å²) in [6.45, 7) is 2.15. The van der Waals surface area contributed by atoms with E-state index >= 15 is 4.39 Å². The average Bonchev–Trinajstić information content (AvgIpc) is 3.03. The first kappa shape index (κ1) is 32.4. The molecule has 1 aromatic heterocycles. The fourth-order valence-corrected chi connectivity index (χ4v) is 4.75. The Bertz CT molecular complexity index is 1830. The van der Waals surface area contributed by atoms with Crippen molar-refractivity contribution in [3.63, 3.8) is 0 Å². The molecule has 4 aromatic carbocycles. The van der Waals surface area contributed by atoms with E-state index in [4.69, 9.17) is 0 Å². The van der Waals surface area contributed by atoms with Gasteiger partial charge in [0.15, 0.2) is 23.3 Å². The molecule has 0 N–H and O–H groups in total. The molecule has 0 saturated carbocycles. The topological polar surface area (TPSA) is 35.0 Å². The number of hydrogen-bond acceptors (Lipinski definition) is 3. The minimum atomic E-state index is -4.12. The van der Waals surface area contributed by atoms with Crippen molar-refractivity contribution in [1.82, 2.24) is 9.97 Å². The third kappa shape index (κ3) is 7.80. The number of benzene rings is 4. The maximum atomic E-state index is 15.2. The van der Waals surface area contributed by atoms with E-state index in [0.717, 1.165) is 48.4 Å². The molecule has 3 nitrogen and oxygen atoms in total. The summed E-state index contributed by atoms with van der Waals surface area (Å²) in [5.41, 5.74) is 3.21. The van der Waals surface area contributed by atoms with Crippen molar-refractivity contribution in [2.45, 2.75) is 38.7 Å². The highest BCUT2D eigenvalue weighted by molar-refractivity contribution is 5.73. The SMILES string of the molecule is CCCCCc1cnc(-c2ccc(-c3ccc(-c4ccc(C=CC(F)(F)Oc5cc(F)c(F)c(F)c5)c(F)c4)c(F)c3)cc2)nc1. The summed E-state index contributed by atoms with van der Waals surface area (Å²) in [7, 11) is 0. The Hall–Kier alpha value is -4.99. The summed E-state index contributed by atoms with van der Waals surface area (Å²) in [5, 5.41) is 0. The second-order valence-corrected chi connectivity index (χ2v) is 10.6. The molecule has 0 bridgehead atoms. The van der Waals surface area contributed by atoms with Crippen LogP contribution in [0, 0.1) is 29.1 Å². The van der Waals surface area contributed by atoms with Crippen molar-refractivity contribution < 1.29 is 35.5 Å². The predicted molar refractivity (Wildman–Crippen MR) is 162 cm³/mol. The van der Waals surface area contributed by atoms with E-state index in [0.29, 0.717) is 17.5 Å². The van der Waals surface area contributed by atoms with Crippen molar-refractivity contribution in [3.05, 3.63) is 131 Å². The van der Waals surface area contributed by atoms with Gasteiger partial charge in [-0.2, -0.15) is 8.78 Å². The third-order valence-corrected chi connectivity index (χ3v) is 7.20. The van der Waals surface area contributed by atoms with Crippen molar-refractivity contribution >= 4 is 6.08 Å². The normalized spacial score (nSPS) is 11.7. The van der Waals surface area contributed by atoms with Gasteiger partial charge in [0.05, 0.1) is 0 Å². The molecular formula is C36H27F7N2O. The van der Waals surface area contributed by atoms with E-state index in [1.165, 1.54) is 24.3 Å². The number of rotatable bonds is 11. The standard InChI is InChI=1S/C36H27F7N2O/c1-2-3-4-5-22-20-44-35(45-21-22)25-9-6-23(7-10-25)26-12-13-29(31(38)16-26)27-11-8-24(30(37)17-27)14-15-36(42,43)46-28-18-32(39)34(41)33(40)19-28/h6-21H,2-5H2,1H3. The van der Waals surface area contributed by atoms with Gasteiger partial charge in [-0.15, -0.1) is 0 Å². The average molecular weight is 637 g/mol. The summed E-state index contributed by atoms with van der Waals surface area (Å²) in [5.74, 6) is -7.18. The second-order valence-electron chi connectivity index (χ2n) is 10.6. The fraction of sp³-hybridized carbons (Fsp3) is 0.167. The van der Waals surface area contributed by atoms with Gasteiger partial charge in [0.25, 0.3) is 0 Å². The Morgan fingerprint density at radius 3 is 1.91 bits per heavy atom. The number of hydrogen-bond donors (Lipinski definition) is 0. The first-order chi connectivity index (χ1) is 22.0. The molecule has 10 heteroatoms. The van der Waals surface area contributed by atoms with Gasteiger partial charge in [-0.25, -0.2) is 31.9 Å². The van der Waals surface area contributed by atoms with E-state index in [1.54, 1.807) is 6.07 Å². The summed E-state index contributed by atoms with van der Waals surface area (Å²) < 4.78 is 102. The fourth-order valence-electron chi connectivity index (χ4n) is 4.75. The molecule has 0 aliphatic carbocycles. The zero-order valence-electron chi connectivity index (χ0n) is 24.5. The molecule has 0 radical (unpaired) electrons.